The van der Waals surface area contributed by atoms with Gasteiger partial charge in [-0.1, -0.05) is 12.1 Å². The first-order valence-electron chi connectivity index (χ1n) is 7.00. The van der Waals surface area contributed by atoms with Crippen LogP contribution in [0.2, 0.25) is 0 Å². The molecule has 2 aromatic carbocycles. The van der Waals surface area contributed by atoms with E-state index in [1.54, 1.807) is 36.4 Å². The van der Waals surface area contributed by atoms with Crippen molar-refractivity contribution in [2.45, 2.75) is 20.1 Å². The Morgan fingerprint density at radius 3 is 2.52 bits per heavy atom. The number of primary amides is 1. The Morgan fingerprint density at radius 2 is 1.91 bits per heavy atom. The third-order valence-electron chi connectivity index (χ3n) is 3.27. The van der Waals surface area contributed by atoms with Crippen LogP contribution in [-0.4, -0.2) is 16.4 Å². The van der Waals surface area contributed by atoms with Crippen LogP contribution in [0, 0.1) is 11.0 Å². The number of nitrogens with zero attached hydrogens (tertiary/aromatic N) is 1. The van der Waals surface area contributed by atoms with Gasteiger partial charge in [-0.2, -0.15) is 0 Å². The molecule has 2 aromatic rings. The number of rotatable bonds is 6. The Balaban J connectivity index is 1.97. The van der Waals surface area contributed by atoms with Gasteiger partial charge in [-0.05, 0) is 42.0 Å². The molecule has 1 amide bonds. The molecule has 23 heavy (non-hydrogen) atoms. The Bertz CT molecular complexity index is 727. The van der Waals surface area contributed by atoms with Gasteiger partial charge in [-0.25, -0.2) is 9.13 Å². The minimum absolute atomic E-state index is 0.0267. The van der Waals surface area contributed by atoms with Crippen molar-refractivity contribution in [1.82, 2.24) is 0 Å². The highest BCUT2D eigenvalue weighted by Crippen LogP contribution is 2.15. The summed E-state index contributed by atoms with van der Waals surface area (Å²) < 4.78 is 19.2. The quantitative estimate of drug-likeness (QED) is 0.384. The minimum atomic E-state index is -0.741. The Morgan fingerprint density at radius 1 is 1.22 bits per heavy atom. The molecule has 0 aromatic heterocycles. The lowest BCUT2D eigenvalue weighted by molar-refractivity contribution is -0.474. The Kier molecular flexibility index (Phi) is 5.30. The van der Waals surface area contributed by atoms with Crippen LogP contribution in [0.1, 0.15) is 18.1 Å². The zero-order valence-electron chi connectivity index (χ0n) is 12.7. The smallest absolute Gasteiger partial charge is 0.309 e. The molecular formula is C17H17FN2O3. The first-order valence-corrected chi connectivity index (χ1v) is 7.00. The summed E-state index contributed by atoms with van der Waals surface area (Å²) in [6, 6.07) is 13.0. The van der Waals surface area contributed by atoms with Gasteiger partial charge < -0.3 is 15.7 Å². The van der Waals surface area contributed by atoms with Crippen LogP contribution in [-0.2, 0) is 17.9 Å². The first kappa shape index (κ1) is 16.5. The van der Waals surface area contributed by atoms with Gasteiger partial charge in [0.25, 0.3) is 0 Å². The van der Waals surface area contributed by atoms with Crippen molar-refractivity contribution in [1.29, 1.82) is 0 Å². The SMILES string of the molecule is C/C(C(N)=O)=[N+](/[O-])Cc1ccc(OCc2cccc(F)c2)cc1. The molecule has 0 spiro atoms. The molecule has 0 heterocycles. The van der Waals surface area contributed by atoms with E-state index in [0.29, 0.717) is 10.5 Å². The van der Waals surface area contributed by atoms with E-state index in [-0.39, 0.29) is 24.7 Å². The van der Waals surface area contributed by atoms with Crippen molar-refractivity contribution in [2.24, 2.45) is 5.73 Å². The van der Waals surface area contributed by atoms with E-state index in [4.69, 9.17) is 10.5 Å². The average molecular weight is 316 g/mol. The van der Waals surface area contributed by atoms with Crippen molar-refractivity contribution < 1.29 is 18.7 Å². The lowest BCUT2D eigenvalue weighted by atomic mass is 10.2. The summed E-state index contributed by atoms with van der Waals surface area (Å²) in [4.78, 5) is 10.9. The zero-order chi connectivity index (χ0) is 16.8. The number of hydroxylamine groups is 1. The van der Waals surface area contributed by atoms with Crippen molar-refractivity contribution in [3.8, 4) is 5.75 Å². The van der Waals surface area contributed by atoms with Gasteiger partial charge in [0.15, 0.2) is 6.54 Å². The molecule has 0 fully saturated rings. The van der Waals surface area contributed by atoms with Gasteiger partial charge in [0.05, 0.1) is 0 Å². The predicted molar refractivity (Wildman–Crippen MR) is 84.4 cm³/mol. The molecule has 5 nitrogen and oxygen atoms in total. The summed E-state index contributed by atoms with van der Waals surface area (Å²) in [7, 11) is 0. The molecule has 0 bridgehead atoms. The molecule has 0 aliphatic heterocycles. The van der Waals surface area contributed by atoms with Crippen LogP contribution in [0.5, 0.6) is 5.75 Å². The van der Waals surface area contributed by atoms with Crippen LogP contribution in [0.3, 0.4) is 0 Å². The van der Waals surface area contributed by atoms with E-state index in [1.807, 2.05) is 0 Å². The van der Waals surface area contributed by atoms with Crippen molar-refractivity contribution in [3.63, 3.8) is 0 Å². The fourth-order valence-corrected chi connectivity index (χ4v) is 1.89. The van der Waals surface area contributed by atoms with Crippen LogP contribution in [0.15, 0.2) is 48.5 Å². The lowest BCUT2D eigenvalue weighted by Crippen LogP contribution is -2.28. The van der Waals surface area contributed by atoms with Crippen molar-refractivity contribution >= 4 is 11.6 Å². The highest BCUT2D eigenvalue weighted by Gasteiger charge is 2.10. The molecule has 0 saturated carbocycles. The Hall–Kier alpha value is -2.89. The fraction of sp³-hybridized carbons (Fsp3) is 0.176. The molecule has 0 saturated heterocycles. The number of ether oxygens (including phenoxy) is 1. The van der Waals surface area contributed by atoms with Crippen LogP contribution in [0.25, 0.3) is 0 Å². The molecule has 120 valence electrons. The maximum Gasteiger partial charge on any atom is 0.309 e. The van der Waals surface area contributed by atoms with Gasteiger partial charge in [-0.3, -0.25) is 4.79 Å². The summed E-state index contributed by atoms with van der Waals surface area (Å²) in [6.45, 7) is 1.66. The van der Waals surface area contributed by atoms with Crippen LogP contribution < -0.4 is 10.5 Å². The maximum atomic E-state index is 13.1. The van der Waals surface area contributed by atoms with Crippen LogP contribution in [0.4, 0.5) is 4.39 Å². The van der Waals surface area contributed by atoms with E-state index >= 15 is 0 Å². The third-order valence-corrected chi connectivity index (χ3v) is 3.27. The molecule has 0 aliphatic carbocycles. The largest absolute Gasteiger partial charge is 0.623 e. The molecule has 0 atom stereocenters. The normalized spacial score (nSPS) is 11.7. The molecular weight excluding hydrogens is 299 g/mol. The highest BCUT2D eigenvalue weighted by molar-refractivity contribution is 6.35. The summed E-state index contributed by atoms with van der Waals surface area (Å²) >= 11 is 0. The maximum absolute atomic E-state index is 13.1. The lowest BCUT2D eigenvalue weighted by Gasteiger charge is -2.09. The number of carbonyl (C=O) groups excluding carboxylic acids is 1. The summed E-state index contributed by atoms with van der Waals surface area (Å²) in [5, 5.41) is 11.7. The number of nitrogens with two attached hydrogens (primary N) is 1. The summed E-state index contributed by atoms with van der Waals surface area (Å²) in [6.07, 6.45) is 0. The third kappa shape index (κ3) is 4.81. The molecule has 2 rings (SSSR count). The molecule has 0 aliphatic rings. The van der Waals surface area contributed by atoms with Gasteiger partial charge in [0, 0.05) is 12.5 Å². The number of halogens is 1. The van der Waals surface area contributed by atoms with Gasteiger partial charge in [0.2, 0.25) is 5.71 Å². The average Bonchev–Trinajstić information content (AvgIpc) is 2.53. The van der Waals surface area contributed by atoms with E-state index in [0.717, 1.165) is 11.1 Å². The first-order chi connectivity index (χ1) is 11.0. The van der Waals surface area contributed by atoms with E-state index in [9.17, 15) is 14.4 Å². The van der Waals surface area contributed by atoms with E-state index in [1.165, 1.54) is 19.1 Å². The molecule has 2 N–H and O–H groups in total. The summed E-state index contributed by atoms with van der Waals surface area (Å²) in [5.41, 5.74) is 6.46. The van der Waals surface area contributed by atoms with Gasteiger partial charge in [0.1, 0.15) is 18.2 Å². The number of hydrogen-bond donors (Lipinski definition) is 1. The van der Waals surface area contributed by atoms with E-state index in [2.05, 4.69) is 0 Å². The number of amides is 1. The van der Waals surface area contributed by atoms with E-state index < -0.39 is 5.91 Å². The zero-order valence-corrected chi connectivity index (χ0v) is 12.7. The number of benzene rings is 2. The monoisotopic (exact) mass is 316 g/mol. The van der Waals surface area contributed by atoms with Gasteiger partial charge >= 0.3 is 5.91 Å². The van der Waals surface area contributed by atoms with Gasteiger partial charge in [-0.15, -0.1) is 0 Å². The van der Waals surface area contributed by atoms with Crippen molar-refractivity contribution in [2.75, 3.05) is 0 Å². The molecule has 0 unspecified atom stereocenters. The number of carbonyl (C=O) groups is 1. The molecule has 0 radical (unpaired) electrons. The fourth-order valence-electron chi connectivity index (χ4n) is 1.89. The number of hydrogen-bond acceptors (Lipinski definition) is 3. The second-order valence-corrected chi connectivity index (χ2v) is 5.05. The highest BCUT2D eigenvalue weighted by atomic mass is 19.1. The predicted octanol–water partition coefficient (Wildman–Crippen LogP) is 2.36. The second-order valence-electron chi connectivity index (χ2n) is 5.05. The van der Waals surface area contributed by atoms with Crippen molar-refractivity contribution in [3.05, 3.63) is 70.7 Å². The van der Waals surface area contributed by atoms with Crippen LogP contribution >= 0.6 is 0 Å². The Labute approximate surface area is 133 Å². The second kappa shape index (κ2) is 7.40. The summed E-state index contributed by atoms with van der Waals surface area (Å²) in [5.74, 6) is -0.445. The minimum Gasteiger partial charge on any atom is -0.623 e. The molecule has 6 heteroatoms. The standard InChI is InChI=1S/C17H17FN2O3/c1-12(17(19)21)20(22)10-13-5-7-16(8-6-13)23-11-14-3-2-4-15(18)9-14/h2-9H,10-11H2,1H3,(H2,19,21)/b20-12-. The topological polar surface area (TPSA) is 78.4 Å².